The topological polar surface area (TPSA) is 66.6 Å². The summed E-state index contributed by atoms with van der Waals surface area (Å²) in [6.45, 7) is 2.49. The molecule has 2 aromatic heterocycles. The smallest absolute Gasteiger partial charge is 0.283 e. The van der Waals surface area contributed by atoms with E-state index in [1.165, 1.54) is 15.6 Å². The Bertz CT molecular complexity index is 1100. The number of nitrogens with zero attached hydrogens (tertiary/aromatic N) is 6. The summed E-state index contributed by atoms with van der Waals surface area (Å²) >= 11 is 0. The maximum Gasteiger partial charge on any atom is 0.283 e. The van der Waals surface area contributed by atoms with Gasteiger partial charge in [-0.05, 0) is 35.9 Å². The Morgan fingerprint density at radius 1 is 1.06 bits per heavy atom. The molecule has 1 fully saturated rings. The van der Waals surface area contributed by atoms with Gasteiger partial charge >= 0.3 is 0 Å². The average molecular weight is 468 g/mol. The van der Waals surface area contributed by atoms with Crippen LogP contribution >= 0.6 is 9.24 Å². The molecule has 3 aromatic rings. The zero-order valence-corrected chi connectivity index (χ0v) is 18.3. The molecule has 1 aliphatic heterocycles. The SMILES string of the molecule is CC(F)(F)c1cc(CC(=O)N2CCN(c3ccc4nncn4n3)CC2)cc(C(F)(F)P)c1. The number of alkyl halides is 4. The van der Waals surface area contributed by atoms with E-state index in [4.69, 9.17) is 0 Å². The molecule has 1 unspecified atom stereocenters. The summed E-state index contributed by atoms with van der Waals surface area (Å²) in [6.07, 6.45) is 1.27. The highest BCUT2D eigenvalue weighted by Crippen LogP contribution is 2.38. The van der Waals surface area contributed by atoms with Crippen LogP contribution in [0.2, 0.25) is 0 Å². The van der Waals surface area contributed by atoms with Crippen LogP contribution in [-0.2, 0) is 22.8 Å². The fraction of sp³-hybridized carbons (Fsp3) is 0.400. The number of aromatic nitrogens is 4. The second-order valence-corrected chi connectivity index (χ2v) is 8.52. The lowest BCUT2D eigenvalue weighted by molar-refractivity contribution is -0.130. The fourth-order valence-corrected chi connectivity index (χ4v) is 3.77. The Balaban J connectivity index is 1.44. The molecule has 1 aromatic carbocycles. The highest BCUT2D eigenvalue weighted by molar-refractivity contribution is 7.17. The van der Waals surface area contributed by atoms with E-state index >= 15 is 0 Å². The molecule has 1 saturated heterocycles. The van der Waals surface area contributed by atoms with Crippen molar-refractivity contribution in [2.24, 2.45) is 0 Å². The van der Waals surface area contributed by atoms with E-state index in [-0.39, 0.29) is 17.9 Å². The number of benzene rings is 1. The van der Waals surface area contributed by atoms with E-state index in [1.54, 1.807) is 15.5 Å². The number of hydrogen-bond donors (Lipinski definition) is 0. The predicted octanol–water partition coefficient (Wildman–Crippen LogP) is 3.05. The van der Waals surface area contributed by atoms with Crippen molar-refractivity contribution < 1.29 is 22.4 Å². The Hall–Kier alpha value is -2.81. The monoisotopic (exact) mass is 468 g/mol. The molecular weight excluding hydrogens is 447 g/mol. The van der Waals surface area contributed by atoms with Crippen LogP contribution in [0.15, 0.2) is 36.7 Å². The quantitative estimate of drug-likeness (QED) is 0.426. The Morgan fingerprint density at radius 2 is 1.75 bits per heavy atom. The van der Waals surface area contributed by atoms with Gasteiger partial charge in [0.2, 0.25) is 5.91 Å². The van der Waals surface area contributed by atoms with Gasteiger partial charge in [0.1, 0.15) is 12.1 Å². The number of anilines is 1. The number of hydrogen-bond acceptors (Lipinski definition) is 5. The number of halogens is 4. The standard InChI is InChI=1S/C20H21F4N6OP/c1-19(21,22)14-8-13(9-15(11-14)20(23,24)32)10-18(31)29-6-4-28(5-7-29)17-3-2-16-26-25-12-30(16)27-17/h2-3,8-9,11-12H,4-7,10,32H2,1H3. The highest BCUT2D eigenvalue weighted by atomic mass is 31.0. The van der Waals surface area contributed by atoms with Gasteiger partial charge in [-0.15, -0.1) is 15.3 Å². The first-order chi connectivity index (χ1) is 15.0. The van der Waals surface area contributed by atoms with E-state index in [1.807, 2.05) is 11.0 Å². The van der Waals surface area contributed by atoms with E-state index < -0.39 is 22.7 Å². The van der Waals surface area contributed by atoms with Crippen molar-refractivity contribution >= 4 is 26.6 Å². The molecule has 1 aliphatic rings. The second-order valence-electron chi connectivity index (χ2n) is 7.80. The van der Waals surface area contributed by atoms with Gasteiger partial charge in [-0.3, -0.25) is 4.79 Å². The lowest BCUT2D eigenvalue weighted by Gasteiger charge is -2.35. The lowest BCUT2D eigenvalue weighted by atomic mass is 9.99. The van der Waals surface area contributed by atoms with Crippen molar-refractivity contribution in [3.63, 3.8) is 0 Å². The molecular formula is C20H21F4N6OP. The van der Waals surface area contributed by atoms with Crippen molar-refractivity contribution in [3.05, 3.63) is 53.3 Å². The third-order valence-corrected chi connectivity index (χ3v) is 5.68. The summed E-state index contributed by atoms with van der Waals surface area (Å²) in [5.74, 6) is -2.88. The maximum absolute atomic E-state index is 13.8. The molecule has 0 N–H and O–H groups in total. The molecule has 32 heavy (non-hydrogen) atoms. The lowest BCUT2D eigenvalue weighted by Crippen LogP contribution is -2.49. The Kier molecular flexibility index (Phi) is 5.79. The van der Waals surface area contributed by atoms with Gasteiger partial charge in [-0.2, -0.15) is 13.3 Å². The third-order valence-electron chi connectivity index (χ3n) is 5.34. The largest absolute Gasteiger partial charge is 0.352 e. The average Bonchev–Trinajstić information content (AvgIpc) is 3.20. The van der Waals surface area contributed by atoms with Crippen LogP contribution in [0.1, 0.15) is 23.6 Å². The van der Waals surface area contributed by atoms with Gasteiger partial charge in [0.05, 0.1) is 6.42 Å². The van der Waals surface area contributed by atoms with Gasteiger partial charge < -0.3 is 9.80 Å². The summed E-state index contributed by atoms with van der Waals surface area (Å²) < 4.78 is 56.7. The Morgan fingerprint density at radius 3 is 2.41 bits per heavy atom. The third kappa shape index (κ3) is 4.82. The van der Waals surface area contributed by atoms with Crippen molar-refractivity contribution in [1.82, 2.24) is 24.7 Å². The van der Waals surface area contributed by atoms with Crippen LogP contribution < -0.4 is 4.90 Å². The zero-order valence-electron chi connectivity index (χ0n) is 17.2. The number of carbonyl (C=O) groups is 1. The number of piperazine rings is 1. The van der Waals surface area contributed by atoms with Crippen molar-refractivity contribution in [3.8, 4) is 0 Å². The minimum Gasteiger partial charge on any atom is -0.352 e. The van der Waals surface area contributed by atoms with Gasteiger partial charge in [0.25, 0.3) is 11.6 Å². The molecule has 0 bridgehead atoms. The minimum absolute atomic E-state index is 0.133. The van der Waals surface area contributed by atoms with Crippen LogP contribution in [0, 0.1) is 0 Å². The summed E-state index contributed by atoms with van der Waals surface area (Å²) in [5.41, 5.74) is -3.72. The molecule has 0 saturated carbocycles. The van der Waals surface area contributed by atoms with Crippen LogP contribution in [0.25, 0.3) is 5.65 Å². The van der Waals surface area contributed by atoms with Crippen LogP contribution in [0.3, 0.4) is 0 Å². The molecule has 4 rings (SSSR count). The molecule has 1 atom stereocenters. The van der Waals surface area contributed by atoms with Gasteiger partial charge in [-0.25, -0.2) is 8.78 Å². The molecule has 12 heteroatoms. The summed E-state index contributed by atoms with van der Waals surface area (Å²) in [4.78, 5) is 16.4. The van der Waals surface area contributed by atoms with E-state index in [0.29, 0.717) is 38.7 Å². The van der Waals surface area contributed by atoms with Crippen LogP contribution in [0.5, 0.6) is 0 Å². The van der Waals surface area contributed by atoms with E-state index in [0.717, 1.165) is 24.0 Å². The molecule has 0 radical (unpaired) electrons. The minimum atomic E-state index is -3.37. The van der Waals surface area contributed by atoms with Crippen LogP contribution in [0.4, 0.5) is 23.4 Å². The summed E-state index contributed by atoms with van der Waals surface area (Å²) in [7, 11) is 1.34. The zero-order chi connectivity index (χ0) is 23.1. The predicted molar refractivity (Wildman–Crippen MR) is 113 cm³/mol. The molecule has 3 heterocycles. The maximum atomic E-state index is 13.8. The number of amides is 1. The van der Waals surface area contributed by atoms with Crippen molar-refractivity contribution in [2.75, 3.05) is 31.1 Å². The summed E-state index contributed by atoms with van der Waals surface area (Å²) in [5, 5.41) is 12.1. The van der Waals surface area contributed by atoms with E-state index in [9.17, 15) is 22.4 Å². The number of fused-ring (bicyclic) bond motifs is 1. The Labute approximate surface area is 183 Å². The second kappa shape index (κ2) is 8.27. The number of rotatable bonds is 5. The molecule has 170 valence electrons. The molecule has 1 amide bonds. The first-order valence-electron chi connectivity index (χ1n) is 9.90. The van der Waals surface area contributed by atoms with Gasteiger partial charge in [-0.1, -0.05) is 9.24 Å². The van der Waals surface area contributed by atoms with Crippen LogP contribution in [-0.4, -0.2) is 56.8 Å². The normalized spacial score (nSPS) is 15.4. The van der Waals surface area contributed by atoms with E-state index in [2.05, 4.69) is 15.3 Å². The van der Waals surface area contributed by atoms with Crippen molar-refractivity contribution in [2.45, 2.75) is 24.9 Å². The highest BCUT2D eigenvalue weighted by Gasteiger charge is 2.31. The first kappa shape index (κ1) is 22.4. The van der Waals surface area contributed by atoms with Crippen molar-refractivity contribution in [1.29, 1.82) is 0 Å². The molecule has 0 spiro atoms. The fourth-order valence-electron chi connectivity index (χ4n) is 3.60. The molecule has 7 nitrogen and oxygen atoms in total. The molecule has 0 aliphatic carbocycles. The summed E-state index contributed by atoms with van der Waals surface area (Å²) in [6, 6.07) is 6.62. The van der Waals surface area contributed by atoms with Gasteiger partial charge in [0.15, 0.2) is 5.65 Å². The van der Waals surface area contributed by atoms with Gasteiger partial charge in [0, 0.05) is 44.2 Å². The first-order valence-corrected chi connectivity index (χ1v) is 10.5. The number of carbonyl (C=O) groups excluding carboxylic acids is 1.